The van der Waals surface area contributed by atoms with Gasteiger partial charge in [0, 0.05) is 97.6 Å². The Balaban J connectivity index is 0.000000208. The molecule has 2 aromatic heterocycles. The average molecular weight is 1350 g/mol. The summed E-state index contributed by atoms with van der Waals surface area (Å²) >= 11 is 40.7. The first kappa shape index (κ1) is 65.3. The second-order valence-electron chi connectivity index (χ2n) is 21.2. The Hall–Kier alpha value is -6.15. The number of amides is 4. The Bertz CT molecular complexity index is 3910. The number of nitrogens with zero attached hydrogens (tertiary/aromatic N) is 2. The molecule has 0 atom stereocenters. The number of hydrogen-bond acceptors (Lipinski definition) is 11. The first-order valence-electron chi connectivity index (χ1n) is 27.7. The smallest absolute Gasteiger partial charge is 0.267 e. The van der Waals surface area contributed by atoms with Gasteiger partial charge in [0.1, 0.15) is 19.6 Å². The number of rotatable bonds is 19. The molecule has 10 rings (SSSR count). The van der Waals surface area contributed by atoms with Crippen LogP contribution >= 0.6 is 92.3 Å². The summed E-state index contributed by atoms with van der Waals surface area (Å²) < 4.78 is 36.2. The maximum Gasteiger partial charge on any atom is 0.267 e. The van der Waals surface area contributed by atoms with Crippen molar-refractivity contribution in [3.63, 3.8) is 0 Å². The van der Waals surface area contributed by atoms with E-state index in [1.54, 1.807) is 64.4 Å². The number of aliphatic hydroxyl groups excluding tert-OH is 1. The largest absolute Gasteiger partial charge is 0.491 e. The second kappa shape index (κ2) is 28.6. The zero-order valence-electron chi connectivity index (χ0n) is 47.0. The molecule has 4 amide bonds. The Morgan fingerprint density at radius 2 is 0.885 bits per heavy atom. The molecule has 0 spiro atoms. The van der Waals surface area contributed by atoms with Crippen molar-refractivity contribution in [3.05, 3.63) is 197 Å². The predicted octanol–water partition coefficient (Wildman–Crippen LogP) is 15.0. The van der Waals surface area contributed by atoms with Gasteiger partial charge in [0.2, 0.25) is 11.8 Å². The second-order valence-corrected chi connectivity index (χ2v) is 28.0. The number of benzene rings is 6. The minimum absolute atomic E-state index is 0.0552. The van der Waals surface area contributed by atoms with Crippen LogP contribution in [-0.4, -0.2) is 105 Å². The normalized spacial score (nSPS) is 14.6. The quantitative estimate of drug-likeness (QED) is 0.0659. The molecule has 2 aliphatic heterocycles. The van der Waals surface area contributed by atoms with Crippen LogP contribution in [0.15, 0.2) is 146 Å². The summed E-state index contributed by atoms with van der Waals surface area (Å²) in [4.78, 5) is 59.6. The molecule has 0 saturated carbocycles. The molecule has 13 nitrogen and oxygen atoms in total. The average Bonchev–Trinajstić information content (AvgIpc) is 1.78. The van der Waals surface area contributed by atoms with E-state index in [4.69, 9.17) is 90.5 Å². The molecule has 2 fully saturated rings. The molecule has 2 saturated heterocycles. The Labute approximate surface area is 543 Å². The fraction of sp³-hybridized carbons (Fsp3) is 0.262. The summed E-state index contributed by atoms with van der Waals surface area (Å²) in [7, 11) is -3.21. The molecule has 22 heteroatoms. The van der Waals surface area contributed by atoms with Gasteiger partial charge in [-0.1, -0.05) is 167 Å². The summed E-state index contributed by atoms with van der Waals surface area (Å²) in [5.74, 6) is -0.611. The van der Waals surface area contributed by atoms with Crippen LogP contribution < -0.4 is 20.9 Å². The van der Waals surface area contributed by atoms with E-state index in [0.717, 1.165) is 27.1 Å². The first-order chi connectivity index (χ1) is 41.6. The lowest BCUT2D eigenvalue weighted by Gasteiger charge is -2.40. The van der Waals surface area contributed by atoms with Crippen LogP contribution in [0.2, 0.25) is 30.1 Å². The van der Waals surface area contributed by atoms with Gasteiger partial charge in [0.25, 0.3) is 11.8 Å². The van der Waals surface area contributed by atoms with Crippen molar-refractivity contribution in [3.8, 4) is 54.6 Å². The van der Waals surface area contributed by atoms with E-state index in [9.17, 15) is 32.7 Å². The minimum atomic E-state index is -3.21. The third kappa shape index (κ3) is 14.8. The van der Waals surface area contributed by atoms with E-state index in [1.165, 1.54) is 28.9 Å². The van der Waals surface area contributed by atoms with Crippen LogP contribution in [0.5, 0.6) is 11.5 Å². The number of halogens is 6. The fourth-order valence-corrected chi connectivity index (χ4v) is 15.5. The monoisotopic (exact) mass is 1350 g/mol. The Morgan fingerprint density at radius 3 is 1.22 bits per heavy atom. The molecule has 87 heavy (non-hydrogen) atoms. The number of carbonyl (C=O) groups is 4. The van der Waals surface area contributed by atoms with Crippen molar-refractivity contribution >= 4 is 126 Å². The lowest BCUT2D eigenvalue weighted by atomic mass is 9.72. The minimum Gasteiger partial charge on any atom is -0.491 e. The van der Waals surface area contributed by atoms with Crippen molar-refractivity contribution < 1.29 is 42.2 Å². The molecule has 6 aromatic carbocycles. The molecule has 4 heterocycles. The third-order valence-electron chi connectivity index (χ3n) is 15.6. The number of piperidine rings is 2. The molecule has 0 aliphatic carbocycles. The molecule has 5 N–H and O–H groups in total. The molecular weight excluding hydrogens is 1290 g/mol. The highest BCUT2D eigenvalue weighted by Gasteiger charge is 2.45. The van der Waals surface area contributed by atoms with E-state index in [-0.39, 0.29) is 43.8 Å². The number of likely N-dealkylation sites (tertiary alicyclic amines) is 2. The summed E-state index contributed by atoms with van der Waals surface area (Å²) in [6, 6.07) is 43.7. The third-order valence-corrected chi connectivity index (χ3v) is 20.6. The van der Waals surface area contributed by atoms with E-state index in [0.29, 0.717) is 137 Å². The van der Waals surface area contributed by atoms with Gasteiger partial charge in [0.15, 0.2) is 11.5 Å². The van der Waals surface area contributed by atoms with Gasteiger partial charge in [0.05, 0.1) is 39.8 Å². The zero-order chi connectivity index (χ0) is 62.2. The number of ether oxygens (including phenoxy) is 2. The number of nitrogens with two attached hydrogens (primary N) is 2. The summed E-state index contributed by atoms with van der Waals surface area (Å²) in [5.41, 5.74) is 16.1. The summed E-state index contributed by atoms with van der Waals surface area (Å²) in [6.07, 6.45) is 3.35. The molecule has 0 bridgehead atoms. The highest BCUT2D eigenvalue weighted by molar-refractivity contribution is 7.90. The number of carbonyl (C=O) groups excluding carboxylic acids is 4. The SMILES string of the molecule is CS(=O)(=O)CCCOc1c(C(=O)N2CCC(C(N)=O)(c3ccccc3)CC2)sc(-c2ccc(Cl)cc2Cl)c1-c1ccc(Cl)cc1.NC(=O)C1(c2ccccc2)CCN(C(=O)c2sc(-c3ccc(Cl)cc3Cl)c(-c3ccc(Cl)cc3)c2OCCCO)CC1. The molecule has 0 radical (unpaired) electrons. The van der Waals surface area contributed by atoms with Crippen LogP contribution in [0.3, 0.4) is 0 Å². The van der Waals surface area contributed by atoms with Crippen molar-refractivity contribution in [1.82, 2.24) is 9.80 Å². The van der Waals surface area contributed by atoms with Crippen LogP contribution in [0.1, 0.15) is 69.0 Å². The fourth-order valence-electron chi connectivity index (χ4n) is 10.9. The van der Waals surface area contributed by atoms with Crippen LogP contribution in [0.25, 0.3) is 43.1 Å². The lowest BCUT2D eigenvalue weighted by molar-refractivity contribution is -0.125. The maximum atomic E-state index is 14.3. The van der Waals surface area contributed by atoms with Gasteiger partial charge < -0.3 is 35.8 Å². The molecule has 8 aromatic rings. The molecule has 0 unspecified atom stereocenters. The van der Waals surface area contributed by atoms with Gasteiger partial charge in [-0.15, -0.1) is 22.7 Å². The van der Waals surface area contributed by atoms with Crippen LogP contribution in [0.4, 0.5) is 0 Å². The number of sulfone groups is 1. The molecule has 2 aliphatic rings. The van der Waals surface area contributed by atoms with Gasteiger partial charge >= 0.3 is 0 Å². The van der Waals surface area contributed by atoms with Crippen molar-refractivity contribution in [2.45, 2.75) is 49.4 Å². The van der Waals surface area contributed by atoms with Crippen molar-refractivity contribution in [2.75, 3.05) is 58.0 Å². The lowest BCUT2D eigenvalue weighted by Crippen LogP contribution is -2.51. The standard InChI is InChI=1S/C33H31Cl3N2O5S2.C32H29Cl3N2O4S/c1-45(41,42)19-5-18-43-28-27(21-8-10-23(34)11-9-21)29(25-13-12-24(35)20-26(25)36)44-30(28)31(39)38-16-14-33(15-17-38,32(37)40)22-6-3-2-4-7-22;33-22-9-7-20(8-10-22)26-27(41-18-4-17-38)29(42-28(26)24-12-11-23(34)19-25(24)35)30(39)37-15-13-32(14-16-37,31(36)40)21-5-2-1-3-6-21/h2-4,6-13,20H,5,14-19H2,1H3,(H2,37,40);1-3,5-12,19,38H,4,13-18H2,(H2,36,40). The maximum absolute atomic E-state index is 14.3. The van der Waals surface area contributed by atoms with Crippen molar-refractivity contribution in [1.29, 1.82) is 0 Å². The van der Waals surface area contributed by atoms with Gasteiger partial charge in [-0.05, 0) is 103 Å². The predicted molar refractivity (Wildman–Crippen MR) is 352 cm³/mol. The van der Waals surface area contributed by atoms with Crippen molar-refractivity contribution in [2.24, 2.45) is 11.5 Å². The number of aliphatic hydroxyl groups is 1. The van der Waals surface area contributed by atoms with Gasteiger partial charge in [-0.2, -0.15) is 0 Å². The molecule has 454 valence electrons. The number of thiophene rings is 2. The van der Waals surface area contributed by atoms with E-state index < -0.39 is 32.5 Å². The zero-order valence-corrected chi connectivity index (χ0v) is 54.0. The highest BCUT2D eigenvalue weighted by atomic mass is 35.5. The topological polar surface area (TPSA) is 200 Å². The van der Waals surface area contributed by atoms with E-state index in [2.05, 4.69) is 0 Å². The van der Waals surface area contributed by atoms with Gasteiger partial charge in [-0.3, -0.25) is 19.2 Å². The molecular formula is C65H60Cl6N4O9S3. The Kier molecular flexibility index (Phi) is 21.4. The first-order valence-corrected chi connectivity index (χ1v) is 33.7. The Morgan fingerprint density at radius 1 is 0.529 bits per heavy atom. The van der Waals surface area contributed by atoms with Crippen LogP contribution in [-0.2, 0) is 30.3 Å². The van der Waals surface area contributed by atoms with Gasteiger partial charge in [-0.25, -0.2) is 8.42 Å². The van der Waals surface area contributed by atoms with E-state index >= 15 is 0 Å². The highest BCUT2D eigenvalue weighted by Crippen LogP contribution is 2.53. The number of hydrogen-bond donors (Lipinski definition) is 3. The summed E-state index contributed by atoms with van der Waals surface area (Å²) in [6.45, 7) is 1.51. The van der Waals surface area contributed by atoms with Crippen LogP contribution in [0, 0.1) is 0 Å². The summed E-state index contributed by atoms with van der Waals surface area (Å²) in [5, 5.41) is 12.3. The van der Waals surface area contributed by atoms with E-state index in [1.807, 2.05) is 91.0 Å². The number of primary amides is 2.